The number of para-hydroxylation sites is 1. The van der Waals surface area contributed by atoms with Crippen molar-refractivity contribution >= 4 is 28.6 Å². The van der Waals surface area contributed by atoms with E-state index in [0.29, 0.717) is 0 Å². The van der Waals surface area contributed by atoms with Crippen LogP contribution in [-0.4, -0.2) is 16.7 Å². The molecule has 1 heterocycles. The molecule has 0 fully saturated rings. The molecule has 0 saturated carbocycles. The van der Waals surface area contributed by atoms with Crippen LogP contribution in [-0.2, 0) is 0 Å². The van der Waals surface area contributed by atoms with Crippen LogP contribution in [0.5, 0.6) is 0 Å². The van der Waals surface area contributed by atoms with Gasteiger partial charge >= 0.3 is 0 Å². The van der Waals surface area contributed by atoms with Crippen LogP contribution in [0.1, 0.15) is 24.5 Å². The molecular weight excluding hydrogens is 283 g/mol. The van der Waals surface area contributed by atoms with Crippen molar-refractivity contribution < 1.29 is 4.39 Å². The Morgan fingerprint density at radius 1 is 1.14 bits per heavy atom. The van der Waals surface area contributed by atoms with Gasteiger partial charge in [-0.3, -0.25) is 4.99 Å². The van der Waals surface area contributed by atoms with Crippen LogP contribution in [0.25, 0.3) is 0 Å². The molecule has 3 rings (SSSR count). The molecule has 1 unspecified atom stereocenters. The number of benzene rings is 2. The molecule has 1 N–H and O–H groups in total. The highest BCUT2D eigenvalue weighted by Gasteiger charge is 2.21. The fourth-order valence-corrected chi connectivity index (χ4v) is 2.74. The first-order valence-electron chi connectivity index (χ1n) is 6.93. The largest absolute Gasteiger partial charge is 0.348 e. The van der Waals surface area contributed by atoms with Crippen LogP contribution in [0, 0.1) is 5.82 Å². The Bertz CT molecular complexity index is 707. The van der Waals surface area contributed by atoms with Gasteiger partial charge in [-0.05, 0) is 36.8 Å². The highest BCUT2D eigenvalue weighted by atomic mass is 32.1. The zero-order chi connectivity index (χ0) is 14.8. The standard InChI is InChI=1S/C17H15FN2S/c1-2-14-17(21)20-15-6-4-3-5-13(15)16(19-14)11-7-9-12(18)10-8-11/h3-10,14H,2H2,1H3,(H,20,21). The third kappa shape index (κ3) is 2.72. The van der Waals surface area contributed by atoms with E-state index in [1.54, 1.807) is 12.1 Å². The number of anilines is 1. The van der Waals surface area contributed by atoms with Crippen molar-refractivity contribution in [1.82, 2.24) is 0 Å². The molecule has 0 bridgehead atoms. The normalized spacial score (nSPS) is 17.5. The SMILES string of the molecule is CCC1N=C(c2ccc(F)cc2)c2ccccc2NC1=S. The van der Waals surface area contributed by atoms with Gasteiger partial charge in [-0.1, -0.05) is 37.3 Å². The van der Waals surface area contributed by atoms with Gasteiger partial charge in [-0.25, -0.2) is 4.39 Å². The molecule has 0 aromatic heterocycles. The van der Waals surface area contributed by atoms with Crippen LogP contribution < -0.4 is 5.32 Å². The number of hydrogen-bond donors (Lipinski definition) is 1. The molecule has 1 aliphatic rings. The Morgan fingerprint density at radius 2 is 1.86 bits per heavy atom. The lowest BCUT2D eigenvalue weighted by Crippen LogP contribution is -2.22. The van der Waals surface area contributed by atoms with E-state index in [-0.39, 0.29) is 11.9 Å². The molecule has 0 spiro atoms. The molecule has 1 aliphatic heterocycles. The first kappa shape index (κ1) is 13.9. The number of nitrogens with zero attached hydrogens (tertiary/aromatic N) is 1. The molecule has 1 atom stereocenters. The minimum Gasteiger partial charge on any atom is -0.348 e. The maximum absolute atomic E-state index is 13.2. The second kappa shape index (κ2) is 5.74. The topological polar surface area (TPSA) is 24.4 Å². The average molecular weight is 298 g/mol. The van der Waals surface area contributed by atoms with Gasteiger partial charge in [0.05, 0.1) is 5.71 Å². The van der Waals surface area contributed by atoms with E-state index in [1.807, 2.05) is 24.3 Å². The molecule has 0 aliphatic carbocycles. The predicted octanol–water partition coefficient (Wildman–Crippen LogP) is 4.19. The molecular formula is C17H15FN2S. The van der Waals surface area contributed by atoms with Gasteiger partial charge in [-0.15, -0.1) is 0 Å². The van der Waals surface area contributed by atoms with Crippen molar-refractivity contribution in [3.05, 3.63) is 65.5 Å². The molecule has 0 radical (unpaired) electrons. The number of nitrogens with one attached hydrogen (secondary N) is 1. The van der Waals surface area contributed by atoms with Gasteiger partial charge in [0.1, 0.15) is 16.8 Å². The first-order chi connectivity index (χ1) is 10.2. The summed E-state index contributed by atoms with van der Waals surface area (Å²) in [4.78, 5) is 5.53. The summed E-state index contributed by atoms with van der Waals surface area (Å²) in [6.07, 6.45) is 0.824. The van der Waals surface area contributed by atoms with Crippen LogP contribution in [0.3, 0.4) is 0 Å². The van der Waals surface area contributed by atoms with Crippen LogP contribution in [0.4, 0.5) is 10.1 Å². The van der Waals surface area contributed by atoms with E-state index in [4.69, 9.17) is 17.2 Å². The van der Waals surface area contributed by atoms with Crippen LogP contribution in [0.15, 0.2) is 53.5 Å². The van der Waals surface area contributed by atoms with Crippen molar-refractivity contribution in [2.24, 2.45) is 4.99 Å². The summed E-state index contributed by atoms with van der Waals surface area (Å²) in [5.41, 5.74) is 3.68. The molecule has 2 aromatic carbocycles. The lowest BCUT2D eigenvalue weighted by Gasteiger charge is -2.10. The molecule has 106 valence electrons. The lowest BCUT2D eigenvalue weighted by atomic mass is 10.0. The van der Waals surface area contributed by atoms with E-state index in [2.05, 4.69) is 12.2 Å². The smallest absolute Gasteiger partial charge is 0.123 e. The minimum atomic E-state index is -0.248. The third-order valence-electron chi connectivity index (χ3n) is 3.53. The summed E-state index contributed by atoms with van der Waals surface area (Å²) in [7, 11) is 0. The average Bonchev–Trinajstić information content (AvgIpc) is 2.64. The number of fused-ring (bicyclic) bond motifs is 1. The monoisotopic (exact) mass is 298 g/mol. The number of halogens is 1. The lowest BCUT2D eigenvalue weighted by molar-refractivity contribution is 0.628. The van der Waals surface area contributed by atoms with E-state index >= 15 is 0 Å². The van der Waals surface area contributed by atoms with Gasteiger partial charge in [-0.2, -0.15) is 0 Å². The van der Waals surface area contributed by atoms with E-state index in [0.717, 1.165) is 33.9 Å². The summed E-state index contributed by atoms with van der Waals surface area (Å²) >= 11 is 5.43. The Balaban J connectivity index is 2.18. The predicted molar refractivity (Wildman–Crippen MR) is 88.8 cm³/mol. The molecule has 2 nitrogen and oxygen atoms in total. The number of hydrogen-bond acceptors (Lipinski definition) is 2. The van der Waals surface area contributed by atoms with Gasteiger partial charge in [0.25, 0.3) is 0 Å². The Labute approximate surface area is 128 Å². The third-order valence-corrected chi connectivity index (χ3v) is 3.91. The Morgan fingerprint density at radius 3 is 2.57 bits per heavy atom. The number of rotatable bonds is 2. The van der Waals surface area contributed by atoms with Crippen molar-refractivity contribution in [3.8, 4) is 0 Å². The molecule has 0 saturated heterocycles. The summed E-state index contributed by atoms with van der Waals surface area (Å²) in [5.74, 6) is -0.248. The van der Waals surface area contributed by atoms with Gasteiger partial charge < -0.3 is 5.32 Å². The molecule has 4 heteroatoms. The second-order valence-corrected chi connectivity index (χ2v) is 5.38. The highest BCUT2D eigenvalue weighted by molar-refractivity contribution is 7.80. The molecule has 21 heavy (non-hydrogen) atoms. The van der Waals surface area contributed by atoms with Crippen molar-refractivity contribution in [1.29, 1.82) is 0 Å². The fourth-order valence-electron chi connectivity index (χ4n) is 2.41. The minimum absolute atomic E-state index is 0.0625. The summed E-state index contributed by atoms with van der Waals surface area (Å²) in [6.45, 7) is 2.06. The molecule has 2 aromatic rings. The second-order valence-electron chi connectivity index (χ2n) is 4.94. The zero-order valence-corrected chi connectivity index (χ0v) is 12.5. The van der Waals surface area contributed by atoms with E-state index < -0.39 is 0 Å². The van der Waals surface area contributed by atoms with Crippen LogP contribution in [0.2, 0.25) is 0 Å². The maximum atomic E-state index is 13.2. The quantitative estimate of drug-likeness (QED) is 0.841. The van der Waals surface area contributed by atoms with Gasteiger partial charge in [0.15, 0.2) is 0 Å². The first-order valence-corrected chi connectivity index (χ1v) is 7.34. The fraction of sp³-hybridized carbons (Fsp3) is 0.176. The maximum Gasteiger partial charge on any atom is 0.123 e. The number of thiocarbonyl (C=S) groups is 1. The Kier molecular flexibility index (Phi) is 3.80. The van der Waals surface area contributed by atoms with Gasteiger partial charge in [0.2, 0.25) is 0 Å². The van der Waals surface area contributed by atoms with E-state index in [9.17, 15) is 4.39 Å². The number of aliphatic imine (C=N–C) groups is 1. The summed E-state index contributed by atoms with van der Waals surface area (Å²) < 4.78 is 13.2. The Hall–Kier alpha value is -2.07. The van der Waals surface area contributed by atoms with E-state index in [1.165, 1.54) is 12.1 Å². The van der Waals surface area contributed by atoms with Crippen molar-refractivity contribution in [2.45, 2.75) is 19.4 Å². The zero-order valence-electron chi connectivity index (χ0n) is 11.6. The summed E-state index contributed by atoms with van der Waals surface area (Å²) in [6, 6.07) is 14.3. The number of benzodiazepines with no additional fused rings is 1. The molecule has 0 amide bonds. The van der Waals surface area contributed by atoms with Gasteiger partial charge in [0, 0.05) is 16.8 Å². The van der Waals surface area contributed by atoms with Crippen molar-refractivity contribution in [3.63, 3.8) is 0 Å². The highest BCUT2D eigenvalue weighted by Crippen LogP contribution is 2.25. The summed E-state index contributed by atoms with van der Waals surface area (Å²) in [5, 5.41) is 3.28. The van der Waals surface area contributed by atoms with Crippen molar-refractivity contribution in [2.75, 3.05) is 5.32 Å². The van der Waals surface area contributed by atoms with Crippen LogP contribution >= 0.6 is 12.2 Å².